The third kappa shape index (κ3) is 6.97. The number of ether oxygens (including phenoxy) is 1. The zero-order valence-corrected chi connectivity index (χ0v) is 22.4. The Kier molecular flexibility index (Phi) is 10.7. The molecule has 0 spiro atoms. The fourth-order valence-corrected chi connectivity index (χ4v) is 4.24. The van der Waals surface area contributed by atoms with Gasteiger partial charge in [0.1, 0.15) is 17.8 Å². The minimum Gasteiger partial charge on any atom is -1.00 e. The molecule has 0 aliphatic heterocycles. The van der Waals surface area contributed by atoms with E-state index in [1.165, 1.54) is 16.7 Å². The number of rotatable bonds is 11. The molecule has 2 aromatic carbocycles. The van der Waals surface area contributed by atoms with Gasteiger partial charge in [-0.25, -0.2) is 0 Å². The highest BCUT2D eigenvalue weighted by Gasteiger charge is 2.44. The monoisotopic (exact) mass is 461 g/mol. The molecule has 0 N–H and O–H groups in total. The SMILES string of the molecule is CC[N+](C)(OC(C)Oc1cccc(CC(C)C)c1CC(C)C)C(C)(C)c1ccccc1.[Cl-]. The molecule has 2 atom stereocenters. The Hall–Kier alpha value is -1.55. The second-order valence-electron chi connectivity index (χ2n) is 10.2. The normalized spacial score (nSPS) is 14.7. The predicted octanol–water partition coefficient (Wildman–Crippen LogP) is 4.15. The van der Waals surface area contributed by atoms with Crippen LogP contribution >= 0.6 is 0 Å². The molecule has 0 bridgehead atoms. The molecule has 4 heteroatoms. The van der Waals surface area contributed by atoms with Crippen molar-refractivity contribution in [2.45, 2.75) is 80.1 Å². The van der Waals surface area contributed by atoms with Crippen molar-refractivity contribution >= 4 is 0 Å². The Morgan fingerprint density at radius 3 is 1.97 bits per heavy atom. The summed E-state index contributed by atoms with van der Waals surface area (Å²) in [6.45, 7) is 18.6. The molecule has 2 unspecified atom stereocenters. The van der Waals surface area contributed by atoms with E-state index in [1.54, 1.807) is 0 Å². The van der Waals surface area contributed by atoms with Crippen LogP contribution in [0.4, 0.5) is 0 Å². The lowest BCUT2D eigenvalue weighted by Crippen LogP contribution is -3.00. The fraction of sp³-hybridized carbons (Fsp3) is 0.571. The molecule has 0 saturated heterocycles. The van der Waals surface area contributed by atoms with Gasteiger partial charge < -0.3 is 17.1 Å². The van der Waals surface area contributed by atoms with Crippen LogP contribution in [0.3, 0.4) is 0 Å². The maximum absolute atomic E-state index is 6.61. The zero-order valence-electron chi connectivity index (χ0n) is 21.6. The van der Waals surface area contributed by atoms with E-state index in [1.807, 2.05) is 6.92 Å². The molecule has 2 aromatic rings. The van der Waals surface area contributed by atoms with Crippen LogP contribution in [0.25, 0.3) is 0 Å². The van der Waals surface area contributed by atoms with Gasteiger partial charge in [-0.15, -0.1) is 0 Å². The maximum atomic E-state index is 6.61. The van der Waals surface area contributed by atoms with Crippen LogP contribution in [-0.2, 0) is 23.2 Å². The van der Waals surface area contributed by atoms with E-state index in [0.717, 1.165) is 25.1 Å². The summed E-state index contributed by atoms with van der Waals surface area (Å²) in [5.74, 6) is 2.14. The molecule has 0 aliphatic rings. The number of hydrogen-bond acceptors (Lipinski definition) is 2. The highest BCUT2D eigenvalue weighted by atomic mass is 35.5. The van der Waals surface area contributed by atoms with Gasteiger partial charge in [0.2, 0.25) is 0 Å². The summed E-state index contributed by atoms with van der Waals surface area (Å²) in [5.41, 5.74) is 3.76. The first kappa shape index (κ1) is 28.5. The first-order valence-corrected chi connectivity index (χ1v) is 11.9. The summed E-state index contributed by atoms with van der Waals surface area (Å²) in [4.78, 5) is 6.61. The van der Waals surface area contributed by atoms with Crippen molar-refractivity contribution < 1.29 is 26.6 Å². The summed E-state index contributed by atoms with van der Waals surface area (Å²) >= 11 is 0. The lowest BCUT2D eigenvalue weighted by Gasteiger charge is -2.45. The molecule has 0 aliphatic carbocycles. The van der Waals surface area contributed by atoms with Gasteiger partial charge in [-0.2, -0.15) is 9.48 Å². The molecule has 0 heterocycles. The number of hydrogen-bond donors (Lipinski definition) is 0. The molecule has 0 aromatic heterocycles. The standard InChI is InChI=1S/C28H44NO2.ClH/c1-10-29(9,28(7,8)25-16-12-11-13-17-25)31-23(6)30-27-18-14-15-24(19-21(2)3)26(27)20-22(4)5;/h11-18,21-23H,10,19-20H2,1-9H3;1H/q+1;/p-1. The van der Waals surface area contributed by atoms with E-state index in [0.29, 0.717) is 16.5 Å². The Morgan fingerprint density at radius 2 is 1.44 bits per heavy atom. The van der Waals surface area contributed by atoms with Crippen LogP contribution in [0.15, 0.2) is 48.5 Å². The summed E-state index contributed by atoms with van der Waals surface area (Å²) in [6, 6.07) is 17.1. The van der Waals surface area contributed by atoms with Gasteiger partial charge in [0.15, 0.2) is 0 Å². The van der Waals surface area contributed by atoms with Crippen molar-refractivity contribution in [1.82, 2.24) is 0 Å². The van der Waals surface area contributed by atoms with Crippen molar-refractivity contribution in [1.29, 1.82) is 0 Å². The maximum Gasteiger partial charge on any atom is 0.251 e. The molecule has 0 fully saturated rings. The van der Waals surface area contributed by atoms with Gasteiger partial charge in [-0.1, -0.05) is 70.2 Å². The van der Waals surface area contributed by atoms with Gasteiger partial charge >= 0.3 is 0 Å². The number of hydroxylamine groups is 3. The van der Waals surface area contributed by atoms with Crippen molar-refractivity contribution in [3.8, 4) is 5.75 Å². The summed E-state index contributed by atoms with van der Waals surface area (Å²) in [5, 5.41) is 0. The Morgan fingerprint density at radius 1 is 0.844 bits per heavy atom. The first-order valence-electron chi connectivity index (χ1n) is 11.9. The van der Waals surface area contributed by atoms with Crippen LogP contribution in [0, 0.1) is 11.8 Å². The second-order valence-corrected chi connectivity index (χ2v) is 10.2. The summed E-state index contributed by atoms with van der Waals surface area (Å²) < 4.78 is 6.89. The number of halogens is 1. The van der Waals surface area contributed by atoms with Crippen molar-refractivity contribution in [2.75, 3.05) is 13.6 Å². The highest BCUT2D eigenvalue weighted by molar-refractivity contribution is 5.41. The minimum absolute atomic E-state index is 0. The summed E-state index contributed by atoms with van der Waals surface area (Å²) in [6.07, 6.45) is 1.71. The van der Waals surface area contributed by atoms with Crippen molar-refractivity contribution in [2.24, 2.45) is 11.8 Å². The Balaban J connectivity index is 0.00000512. The molecular weight excluding hydrogens is 418 g/mol. The second kappa shape index (κ2) is 12.1. The van der Waals surface area contributed by atoms with E-state index >= 15 is 0 Å². The molecule has 0 radical (unpaired) electrons. The molecule has 2 rings (SSSR count). The molecule has 180 valence electrons. The first-order chi connectivity index (χ1) is 14.5. The molecule has 0 amide bonds. The third-order valence-electron chi connectivity index (χ3n) is 6.41. The van der Waals surface area contributed by atoms with Gasteiger partial charge in [0, 0.05) is 12.5 Å². The minimum atomic E-state index is -0.367. The number of nitrogens with zero attached hydrogens (tertiary/aromatic N) is 1. The van der Waals surface area contributed by atoms with E-state index in [-0.39, 0.29) is 24.2 Å². The summed E-state index contributed by atoms with van der Waals surface area (Å²) in [7, 11) is 2.15. The smallest absolute Gasteiger partial charge is 0.251 e. The zero-order chi connectivity index (χ0) is 23.2. The van der Waals surface area contributed by atoms with Crippen LogP contribution in [-0.4, -0.2) is 24.5 Å². The van der Waals surface area contributed by atoms with E-state index in [2.05, 4.69) is 104 Å². The number of benzene rings is 2. The third-order valence-corrected chi connectivity index (χ3v) is 6.41. The average Bonchev–Trinajstić information content (AvgIpc) is 2.70. The average molecular weight is 462 g/mol. The quantitative estimate of drug-likeness (QED) is 0.284. The lowest BCUT2D eigenvalue weighted by molar-refractivity contribution is -1.14. The topological polar surface area (TPSA) is 18.5 Å². The van der Waals surface area contributed by atoms with Crippen LogP contribution in [0.5, 0.6) is 5.75 Å². The van der Waals surface area contributed by atoms with Crippen LogP contribution in [0.2, 0.25) is 0 Å². The highest BCUT2D eigenvalue weighted by Crippen LogP contribution is 2.35. The van der Waals surface area contributed by atoms with Crippen molar-refractivity contribution in [3.05, 3.63) is 65.2 Å². The Bertz CT molecular complexity index is 819. The van der Waals surface area contributed by atoms with Crippen molar-refractivity contribution in [3.63, 3.8) is 0 Å². The van der Waals surface area contributed by atoms with E-state index in [9.17, 15) is 0 Å². The lowest BCUT2D eigenvalue weighted by atomic mass is 9.92. The molecule has 0 saturated carbocycles. The molecule has 3 nitrogen and oxygen atoms in total. The van der Waals surface area contributed by atoms with Gasteiger partial charge in [0.25, 0.3) is 6.29 Å². The molecule has 32 heavy (non-hydrogen) atoms. The molecular formula is C28H44ClNO2. The fourth-order valence-electron chi connectivity index (χ4n) is 4.24. The van der Waals surface area contributed by atoms with Gasteiger partial charge in [0.05, 0.1) is 7.05 Å². The van der Waals surface area contributed by atoms with Gasteiger partial charge in [-0.3, -0.25) is 0 Å². The van der Waals surface area contributed by atoms with Crippen LogP contribution < -0.4 is 17.1 Å². The van der Waals surface area contributed by atoms with E-state index in [4.69, 9.17) is 9.57 Å². The number of quaternary nitrogens is 1. The van der Waals surface area contributed by atoms with Gasteiger partial charge in [-0.05, 0) is 62.6 Å². The Labute approximate surface area is 203 Å². The predicted molar refractivity (Wildman–Crippen MR) is 131 cm³/mol. The largest absolute Gasteiger partial charge is 1.00 e. The van der Waals surface area contributed by atoms with E-state index < -0.39 is 0 Å². The van der Waals surface area contributed by atoms with Crippen LogP contribution in [0.1, 0.15) is 72.1 Å².